The Balaban J connectivity index is 0.000000257. The first-order chi connectivity index (χ1) is 18.3. The Kier molecular flexibility index (Phi) is 15.3. The maximum Gasteiger partial charge on any atom is 0.416 e. The van der Waals surface area contributed by atoms with Crippen molar-refractivity contribution in [2.45, 2.75) is 39.8 Å². The van der Waals surface area contributed by atoms with Crippen molar-refractivity contribution in [2.75, 3.05) is 13.1 Å². The molecule has 1 heterocycles. The molecule has 4 rings (SSSR count). The maximum absolute atomic E-state index is 12.1. The Labute approximate surface area is 222 Å². The van der Waals surface area contributed by atoms with Crippen molar-refractivity contribution in [1.82, 2.24) is 15.6 Å². The molecule has 0 saturated carbocycles. The highest BCUT2D eigenvalue weighted by molar-refractivity contribution is 5.82. The summed E-state index contributed by atoms with van der Waals surface area (Å²) in [6.45, 7) is 7.08. The van der Waals surface area contributed by atoms with Crippen molar-refractivity contribution in [3.05, 3.63) is 107 Å². The summed E-state index contributed by atoms with van der Waals surface area (Å²) in [5.74, 6) is 0. The molecule has 0 aliphatic rings. The van der Waals surface area contributed by atoms with Gasteiger partial charge in [0, 0.05) is 30.2 Å². The third-order valence-electron chi connectivity index (χ3n) is 5.29. The minimum Gasteiger partial charge on any atom is -0.361 e. The fraction of sp³-hybridized carbons (Fsp3) is 0.267. The Morgan fingerprint density at radius 1 is 0.763 bits per heavy atom. The summed E-state index contributed by atoms with van der Waals surface area (Å²) >= 11 is 0. The fourth-order valence-corrected chi connectivity index (χ4v) is 3.16. The van der Waals surface area contributed by atoms with Gasteiger partial charge in [0.25, 0.3) is 0 Å². The summed E-state index contributed by atoms with van der Waals surface area (Å²) in [7, 11) is 0. The summed E-state index contributed by atoms with van der Waals surface area (Å²) < 4.78 is 36.3. The summed E-state index contributed by atoms with van der Waals surface area (Å²) in [6.07, 6.45) is 0.763. The predicted molar refractivity (Wildman–Crippen MR) is 148 cm³/mol. The molecule has 204 valence electrons. The lowest BCUT2D eigenvalue weighted by molar-refractivity contribution is -0.137. The molecule has 0 atom stereocenters. The summed E-state index contributed by atoms with van der Waals surface area (Å²) in [5, 5.41) is 6.08. The number of hydrogen-bond acceptors (Lipinski definition) is 2. The van der Waals surface area contributed by atoms with E-state index in [4.69, 9.17) is 0 Å². The molecule has 2 amide bonds. The zero-order valence-electron chi connectivity index (χ0n) is 22.0. The first kappa shape index (κ1) is 32.0. The zero-order valence-corrected chi connectivity index (χ0v) is 22.0. The molecule has 4 aromatic rings. The van der Waals surface area contributed by atoms with Gasteiger partial charge in [0.15, 0.2) is 0 Å². The fourth-order valence-electron chi connectivity index (χ4n) is 3.16. The highest BCUT2D eigenvalue weighted by atomic mass is 19.4. The first-order valence-electron chi connectivity index (χ1n) is 12.3. The van der Waals surface area contributed by atoms with Crippen LogP contribution in [0.1, 0.15) is 36.1 Å². The van der Waals surface area contributed by atoms with Crippen molar-refractivity contribution in [3.8, 4) is 0 Å². The van der Waals surface area contributed by atoms with Gasteiger partial charge in [-0.05, 0) is 48.6 Å². The van der Waals surface area contributed by atoms with Crippen LogP contribution < -0.4 is 10.6 Å². The molecule has 3 aromatic carbocycles. The van der Waals surface area contributed by atoms with Gasteiger partial charge in [0.2, 0.25) is 12.8 Å². The topological polar surface area (TPSA) is 74.0 Å². The molecule has 8 heteroatoms. The number of aryl methyl sites for hydroxylation is 3. The number of carbonyl (C=O) groups is 2. The van der Waals surface area contributed by atoms with Crippen molar-refractivity contribution in [1.29, 1.82) is 0 Å². The number of aromatic amines is 1. The number of carbonyl (C=O) groups excluding carboxylic acids is 2. The maximum atomic E-state index is 12.1. The van der Waals surface area contributed by atoms with Gasteiger partial charge in [0.1, 0.15) is 0 Å². The Hall–Kier alpha value is -4.07. The minimum absolute atomic E-state index is 0.488. The van der Waals surface area contributed by atoms with Crippen molar-refractivity contribution in [3.63, 3.8) is 0 Å². The smallest absolute Gasteiger partial charge is 0.361 e. The molecule has 0 aliphatic heterocycles. The van der Waals surface area contributed by atoms with Crippen LogP contribution in [-0.2, 0) is 28.6 Å². The third kappa shape index (κ3) is 12.8. The number of amides is 2. The van der Waals surface area contributed by atoms with Gasteiger partial charge >= 0.3 is 6.18 Å². The lowest BCUT2D eigenvalue weighted by atomic mass is 10.1. The number of hydrogen-bond donors (Lipinski definition) is 3. The highest BCUT2D eigenvalue weighted by Crippen LogP contribution is 2.29. The highest BCUT2D eigenvalue weighted by Gasteiger charge is 2.30. The van der Waals surface area contributed by atoms with E-state index in [0.29, 0.717) is 37.9 Å². The van der Waals surface area contributed by atoms with Gasteiger partial charge < -0.3 is 15.6 Å². The molecular weight excluding hydrogens is 491 g/mol. The number of H-pyrrole nitrogens is 1. The van der Waals surface area contributed by atoms with Crippen LogP contribution in [0.15, 0.2) is 85.1 Å². The summed E-state index contributed by atoms with van der Waals surface area (Å²) in [6, 6.07) is 24.2. The van der Waals surface area contributed by atoms with Crippen LogP contribution in [0.3, 0.4) is 0 Å². The van der Waals surface area contributed by atoms with Crippen molar-refractivity contribution >= 4 is 23.7 Å². The number of rotatable bonds is 7. The van der Waals surface area contributed by atoms with Crippen LogP contribution in [0.2, 0.25) is 0 Å². The number of fused-ring (bicyclic) bond motifs is 1. The van der Waals surface area contributed by atoms with Crippen LogP contribution in [0.5, 0.6) is 0 Å². The lowest BCUT2D eigenvalue weighted by Crippen LogP contribution is -2.25. The second-order valence-corrected chi connectivity index (χ2v) is 8.05. The third-order valence-corrected chi connectivity index (χ3v) is 5.29. The standard InChI is InChI=1S/C9H9F3.C9H9N.C8H10.C4H8N2O2/c1-2-7-4-3-5-8(6-7)9(10,11)12;1-7-6-10-9-5-3-2-4-8(7)9;1-2-8-6-4-3-5-7-8;7-3-5-1-2-6-4-8/h3-6H,2H2,1H3;2-6,10H,1H3;3-7H,2H2,1H3;3-4H,1-2H2,(H,5,7)(H,6,8). The van der Waals surface area contributed by atoms with Gasteiger partial charge in [-0.1, -0.05) is 80.6 Å². The van der Waals surface area contributed by atoms with Crippen molar-refractivity contribution in [2.24, 2.45) is 0 Å². The van der Waals surface area contributed by atoms with Gasteiger partial charge in [0.05, 0.1) is 5.56 Å². The molecule has 5 nitrogen and oxygen atoms in total. The van der Waals surface area contributed by atoms with E-state index in [1.54, 1.807) is 6.07 Å². The van der Waals surface area contributed by atoms with E-state index in [1.807, 2.05) is 25.3 Å². The number of nitrogens with one attached hydrogen (secondary N) is 3. The molecule has 0 unspecified atom stereocenters. The van der Waals surface area contributed by atoms with E-state index in [1.165, 1.54) is 34.2 Å². The molecule has 0 saturated heterocycles. The number of alkyl halides is 3. The molecule has 0 bridgehead atoms. The van der Waals surface area contributed by atoms with E-state index in [2.05, 4.69) is 71.9 Å². The number of halogens is 3. The van der Waals surface area contributed by atoms with Crippen LogP contribution in [0.25, 0.3) is 10.9 Å². The molecule has 0 spiro atoms. The van der Waals surface area contributed by atoms with Crippen LogP contribution in [-0.4, -0.2) is 30.9 Å². The van der Waals surface area contributed by atoms with Crippen LogP contribution in [0, 0.1) is 6.92 Å². The SMILES string of the molecule is CCc1cccc(C(F)(F)F)c1.CCc1ccccc1.Cc1c[nH]c2ccccc12.O=CNCCNC=O. The van der Waals surface area contributed by atoms with Gasteiger partial charge in [-0.3, -0.25) is 9.59 Å². The predicted octanol–water partition coefficient (Wildman–Crippen LogP) is 6.47. The van der Waals surface area contributed by atoms with E-state index in [0.717, 1.165) is 12.5 Å². The number of para-hydroxylation sites is 1. The van der Waals surface area contributed by atoms with E-state index < -0.39 is 11.7 Å². The Morgan fingerprint density at radius 3 is 1.82 bits per heavy atom. The monoisotopic (exact) mass is 527 g/mol. The van der Waals surface area contributed by atoms with Crippen LogP contribution >= 0.6 is 0 Å². The second kappa shape index (κ2) is 18.2. The number of aromatic nitrogens is 1. The summed E-state index contributed by atoms with van der Waals surface area (Å²) in [5.41, 5.74) is 4.09. The average molecular weight is 528 g/mol. The van der Waals surface area contributed by atoms with E-state index in [-0.39, 0.29) is 0 Å². The Bertz CT molecular complexity index is 1180. The van der Waals surface area contributed by atoms with Crippen LogP contribution in [0.4, 0.5) is 13.2 Å². The van der Waals surface area contributed by atoms with E-state index >= 15 is 0 Å². The van der Waals surface area contributed by atoms with Gasteiger partial charge in [-0.25, -0.2) is 0 Å². The quantitative estimate of drug-likeness (QED) is 0.190. The second-order valence-electron chi connectivity index (χ2n) is 8.05. The molecule has 0 aliphatic carbocycles. The lowest BCUT2D eigenvalue weighted by Gasteiger charge is -2.06. The first-order valence-corrected chi connectivity index (χ1v) is 12.3. The van der Waals surface area contributed by atoms with Crippen molar-refractivity contribution < 1.29 is 22.8 Å². The summed E-state index contributed by atoms with van der Waals surface area (Å²) in [4.78, 5) is 22.3. The molecule has 3 N–H and O–H groups in total. The molecule has 1 aromatic heterocycles. The van der Waals surface area contributed by atoms with Gasteiger partial charge in [-0.15, -0.1) is 0 Å². The van der Waals surface area contributed by atoms with E-state index in [9.17, 15) is 22.8 Å². The largest absolute Gasteiger partial charge is 0.416 e. The molecule has 0 radical (unpaired) electrons. The molecule has 38 heavy (non-hydrogen) atoms. The normalized spacial score (nSPS) is 9.95. The molecular formula is C30H36F3N3O2. The molecule has 0 fully saturated rings. The average Bonchev–Trinajstić information content (AvgIpc) is 3.33. The van der Waals surface area contributed by atoms with Gasteiger partial charge in [-0.2, -0.15) is 13.2 Å². The minimum atomic E-state index is -4.22. The zero-order chi connectivity index (χ0) is 28.2. The number of benzene rings is 3. The Morgan fingerprint density at radius 2 is 1.32 bits per heavy atom.